The fourth-order valence-corrected chi connectivity index (χ4v) is 3.33. The predicted octanol–water partition coefficient (Wildman–Crippen LogP) is 4.00. The second-order valence-electron chi connectivity index (χ2n) is 4.99. The van der Waals surface area contributed by atoms with Gasteiger partial charge >= 0.3 is 0 Å². The van der Waals surface area contributed by atoms with Crippen LogP contribution in [-0.2, 0) is 13.0 Å². The summed E-state index contributed by atoms with van der Waals surface area (Å²) in [6.07, 6.45) is 0.959. The van der Waals surface area contributed by atoms with Gasteiger partial charge < -0.3 is 10.2 Å². The van der Waals surface area contributed by atoms with Gasteiger partial charge in [-0.2, -0.15) is 0 Å². The van der Waals surface area contributed by atoms with E-state index in [1.807, 2.05) is 13.1 Å². The lowest BCUT2D eigenvalue weighted by molar-refractivity contribution is 0.628. The maximum Gasteiger partial charge on any atom is 0.125 e. The molecule has 3 rings (SSSR count). The predicted molar refractivity (Wildman–Crippen MR) is 84.0 cm³/mol. The summed E-state index contributed by atoms with van der Waals surface area (Å²) in [5.74, 6) is -0.182. The molecular weight excluding hydrogens is 319 g/mol. The molecule has 2 aromatic rings. The van der Waals surface area contributed by atoms with Crippen molar-refractivity contribution in [2.45, 2.75) is 13.0 Å². The van der Waals surface area contributed by atoms with Gasteiger partial charge in [-0.15, -0.1) is 0 Å². The van der Waals surface area contributed by atoms with E-state index >= 15 is 0 Å². The minimum atomic E-state index is -0.182. The van der Waals surface area contributed by atoms with Gasteiger partial charge in [-0.25, -0.2) is 4.39 Å². The number of hydrogen-bond donors (Lipinski definition) is 1. The molecule has 0 radical (unpaired) electrons. The molecule has 20 heavy (non-hydrogen) atoms. The standard InChI is InChI=1S/C16H16BrFN2/c1-19-10-11-2-5-15(14(17)8-11)20-7-6-12-3-4-13(18)9-16(12)20/h2-5,8-9,19H,6-7,10H2,1H3. The number of benzene rings is 2. The van der Waals surface area contributed by atoms with E-state index in [1.54, 1.807) is 6.07 Å². The molecule has 1 heterocycles. The Morgan fingerprint density at radius 3 is 2.80 bits per heavy atom. The third-order valence-electron chi connectivity index (χ3n) is 3.63. The van der Waals surface area contributed by atoms with Crippen molar-refractivity contribution >= 4 is 27.3 Å². The number of fused-ring (bicyclic) bond motifs is 1. The number of halogens is 2. The average Bonchev–Trinajstić information content (AvgIpc) is 2.82. The third kappa shape index (κ3) is 2.45. The average molecular weight is 335 g/mol. The summed E-state index contributed by atoms with van der Waals surface area (Å²) >= 11 is 3.63. The highest BCUT2D eigenvalue weighted by molar-refractivity contribution is 9.10. The Hall–Kier alpha value is -1.39. The maximum absolute atomic E-state index is 13.5. The lowest BCUT2D eigenvalue weighted by Gasteiger charge is -2.21. The molecule has 0 atom stereocenters. The van der Waals surface area contributed by atoms with Crippen molar-refractivity contribution in [3.8, 4) is 0 Å². The molecule has 0 spiro atoms. The maximum atomic E-state index is 13.5. The Labute approximate surface area is 126 Å². The summed E-state index contributed by atoms with van der Waals surface area (Å²) in [4.78, 5) is 2.17. The van der Waals surface area contributed by atoms with Gasteiger partial charge in [0.25, 0.3) is 0 Å². The van der Waals surface area contributed by atoms with Crippen LogP contribution >= 0.6 is 15.9 Å². The molecule has 104 valence electrons. The molecule has 0 aromatic heterocycles. The Bertz CT molecular complexity index is 642. The largest absolute Gasteiger partial charge is 0.340 e. The summed E-state index contributed by atoms with van der Waals surface area (Å²) in [5, 5.41) is 3.14. The first kappa shape index (κ1) is 13.6. The van der Waals surface area contributed by atoms with Crippen molar-refractivity contribution in [2.75, 3.05) is 18.5 Å². The highest BCUT2D eigenvalue weighted by Crippen LogP contribution is 2.38. The van der Waals surface area contributed by atoms with Crippen molar-refractivity contribution in [1.29, 1.82) is 0 Å². The Balaban J connectivity index is 1.98. The van der Waals surface area contributed by atoms with Crippen LogP contribution in [0, 0.1) is 5.82 Å². The van der Waals surface area contributed by atoms with Gasteiger partial charge in [-0.1, -0.05) is 12.1 Å². The first-order chi connectivity index (χ1) is 9.69. The van der Waals surface area contributed by atoms with Gasteiger partial charge in [-0.05, 0) is 64.8 Å². The topological polar surface area (TPSA) is 15.3 Å². The quantitative estimate of drug-likeness (QED) is 0.912. The third-order valence-corrected chi connectivity index (χ3v) is 4.26. The minimum Gasteiger partial charge on any atom is -0.340 e. The second kappa shape index (κ2) is 5.54. The zero-order valence-electron chi connectivity index (χ0n) is 11.3. The molecule has 1 aliphatic rings. The van der Waals surface area contributed by atoms with E-state index in [1.165, 1.54) is 17.2 Å². The van der Waals surface area contributed by atoms with Crippen molar-refractivity contribution in [2.24, 2.45) is 0 Å². The van der Waals surface area contributed by atoms with Crippen molar-refractivity contribution in [3.63, 3.8) is 0 Å². The van der Waals surface area contributed by atoms with Crippen molar-refractivity contribution < 1.29 is 4.39 Å². The van der Waals surface area contributed by atoms with Crippen LogP contribution in [0.15, 0.2) is 40.9 Å². The van der Waals surface area contributed by atoms with Crippen molar-refractivity contribution in [1.82, 2.24) is 5.32 Å². The van der Waals surface area contributed by atoms with E-state index in [4.69, 9.17) is 0 Å². The van der Waals surface area contributed by atoms with E-state index < -0.39 is 0 Å². The highest BCUT2D eigenvalue weighted by Gasteiger charge is 2.22. The summed E-state index contributed by atoms with van der Waals surface area (Å²) in [5.41, 5.74) is 4.50. The summed E-state index contributed by atoms with van der Waals surface area (Å²) in [6, 6.07) is 11.4. The van der Waals surface area contributed by atoms with Gasteiger partial charge in [-0.3, -0.25) is 0 Å². The molecular formula is C16H16BrFN2. The number of nitrogens with one attached hydrogen (secondary N) is 1. The first-order valence-electron chi connectivity index (χ1n) is 6.68. The molecule has 1 N–H and O–H groups in total. The van der Waals surface area contributed by atoms with Gasteiger partial charge in [0.15, 0.2) is 0 Å². The molecule has 0 bridgehead atoms. The van der Waals surface area contributed by atoms with Crippen LogP contribution in [0.25, 0.3) is 0 Å². The highest BCUT2D eigenvalue weighted by atomic mass is 79.9. The van der Waals surface area contributed by atoms with Gasteiger partial charge in [0.1, 0.15) is 5.82 Å². The smallest absolute Gasteiger partial charge is 0.125 e. The van der Waals surface area contributed by atoms with Crippen LogP contribution in [0.5, 0.6) is 0 Å². The van der Waals surface area contributed by atoms with E-state index in [-0.39, 0.29) is 5.82 Å². The Morgan fingerprint density at radius 2 is 2.05 bits per heavy atom. The number of nitrogens with zero attached hydrogens (tertiary/aromatic N) is 1. The van der Waals surface area contributed by atoms with E-state index in [0.717, 1.165) is 35.4 Å². The lowest BCUT2D eigenvalue weighted by Crippen LogP contribution is -2.14. The van der Waals surface area contributed by atoms with Crippen LogP contribution < -0.4 is 10.2 Å². The molecule has 1 aliphatic heterocycles. The molecule has 4 heteroatoms. The van der Waals surface area contributed by atoms with Gasteiger partial charge in [0, 0.05) is 23.2 Å². The molecule has 0 saturated heterocycles. The molecule has 2 aromatic carbocycles. The summed E-state index contributed by atoms with van der Waals surface area (Å²) in [7, 11) is 1.93. The van der Waals surface area contributed by atoms with Crippen LogP contribution in [0.1, 0.15) is 11.1 Å². The lowest BCUT2D eigenvalue weighted by atomic mass is 10.1. The number of anilines is 2. The normalized spacial score (nSPS) is 13.7. The first-order valence-corrected chi connectivity index (χ1v) is 7.47. The van der Waals surface area contributed by atoms with Crippen LogP contribution in [-0.4, -0.2) is 13.6 Å². The number of hydrogen-bond acceptors (Lipinski definition) is 2. The fourth-order valence-electron chi connectivity index (χ4n) is 2.69. The van der Waals surface area contributed by atoms with Crippen LogP contribution in [0.2, 0.25) is 0 Å². The van der Waals surface area contributed by atoms with Gasteiger partial charge in [0.2, 0.25) is 0 Å². The van der Waals surface area contributed by atoms with E-state index in [9.17, 15) is 4.39 Å². The Morgan fingerprint density at radius 1 is 1.20 bits per heavy atom. The van der Waals surface area contributed by atoms with E-state index in [0.29, 0.717) is 0 Å². The van der Waals surface area contributed by atoms with Crippen molar-refractivity contribution in [3.05, 3.63) is 57.8 Å². The zero-order valence-corrected chi connectivity index (χ0v) is 12.9. The SMILES string of the molecule is CNCc1ccc(N2CCc3ccc(F)cc32)c(Br)c1. The van der Waals surface area contributed by atoms with Crippen LogP contribution in [0.4, 0.5) is 15.8 Å². The minimum absolute atomic E-state index is 0.182. The van der Waals surface area contributed by atoms with Crippen LogP contribution in [0.3, 0.4) is 0 Å². The molecule has 0 fully saturated rings. The molecule has 0 amide bonds. The molecule has 0 saturated carbocycles. The monoisotopic (exact) mass is 334 g/mol. The molecule has 2 nitrogen and oxygen atoms in total. The summed E-state index contributed by atoms with van der Waals surface area (Å²) in [6.45, 7) is 1.73. The molecule has 0 aliphatic carbocycles. The summed E-state index contributed by atoms with van der Waals surface area (Å²) < 4.78 is 14.5. The zero-order chi connectivity index (χ0) is 14.1. The number of rotatable bonds is 3. The molecule has 0 unspecified atom stereocenters. The Kier molecular flexibility index (Phi) is 3.76. The van der Waals surface area contributed by atoms with E-state index in [2.05, 4.69) is 44.3 Å². The fraction of sp³-hybridized carbons (Fsp3) is 0.250. The van der Waals surface area contributed by atoms with Gasteiger partial charge in [0.05, 0.1) is 5.69 Å². The second-order valence-corrected chi connectivity index (χ2v) is 5.85.